The second-order valence-corrected chi connectivity index (χ2v) is 5.32. The van der Waals surface area contributed by atoms with Crippen LogP contribution in [0.1, 0.15) is 27.7 Å². The lowest BCUT2D eigenvalue weighted by molar-refractivity contribution is -0.132. The van der Waals surface area contributed by atoms with Crippen molar-refractivity contribution in [3.8, 4) is 0 Å². The van der Waals surface area contributed by atoms with Crippen LogP contribution in [0.15, 0.2) is 12.7 Å². The van der Waals surface area contributed by atoms with Crippen LogP contribution in [0.4, 0.5) is 0 Å². The predicted molar refractivity (Wildman–Crippen MR) is 77.5 cm³/mol. The zero-order valence-electron chi connectivity index (χ0n) is 12.6. The molecule has 0 aromatic carbocycles. The highest BCUT2D eigenvalue weighted by atomic mass is 16.2. The van der Waals surface area contributed by atoms with Crippen molar-refractivity contribution in [2.75, 3.05) is 26.2 Å². The Morgan fingerprint density at radius 2 is 1.68 bits per heavy atom. The summed E-state index contributed by atoms with van der Waals surface area (Å²) in [5.74, 6) is 0.258. The van der Waals surface area contributed by atoms with Crippen LogP contribution in [0.2, 0.25) is 0 Å². The molecular formula is C14H27N3O2. The molecule has 0 aromatic heterocycles. The van der Waals surface area contributed by atoms with Crippen LogP contribution in [-0.4, -0.2) is 53.8 Å². The maximum Gasteiger partial charge on any atom is 0.246 e. The monoisotopic (exact) mass is 269 g/mol. The summed E-state index contributed by atoms with van der Waals surface area (Å²) in [4.78, 5) is 26.6. The highest BCUT2D eigenvalue weighted by molar-refractivity contribution is 5.87. The van der Waals surface area contributed by atoms with Gasteiger partial charge in [0.05, 0.1) is 0 Å². The predicted octanol–water partition coefficient (Wildman–Crippen LogP) is 0.853. The van der Waals surface area contributed by atoms with Crippen molar-refractivity contribution < 1.29 is 9.59 Å². The van der Waals surface area contributed by atoms with Gasteiger partial charge in [0, 0.05) is 39.1 Å². The van der Waals surface area contributed by atoms with Gasteiger partial charge in [-0.2, -0.15) is 0 Å². The van der Waals surface area contributed by atoms with E-state index < -0.39 is 0 Å². The maximum atomic E-state index is 11.7. The van der Waals surface area contributed by atoms with Crippen molar-refractivity contribution in [2.45, 2.75) is 33.7 Å². The SMILES string of the molecule is C=CC(=O)N(CCN(CC(C)N)C(C)=O)CC(C)C. The molecule has 0 saturated carbocycles. The summed E-state index contributed by atoms with van der Waals surface area (Å²) in [6, 6.07) is -0.0717. The first kappa shape index (κ1) is 17.6. The Hall–Kier alpha value is -1.36. The van der Waals surface area contributed by atoms with E-state index in [2.05, 4.69) is 6.58 Å². The second-order valence-electron chi connectivity index (χ2n) is 5.32. The molecule has 5 nitrogen and oxygen atoms in total. The number of hydrogen-bond donors (Lipinski definition) is 1. The third kappa shape index (κ3) is 7.62. The standard InChI is InChI=1S/C14H27N3O2/c1-6-14(19)17(9-11(2)3)8-7-16(13(5)18)10-12(4)15/h6,11-12H,1,7-10,15H2,2-5H3. The minimum atomic E-state index is -0.0991. The molecule has 19 heavy (non-hydrogen) atoms. The number of nitrogens with zero attached hydrogens (tertiary/aromatic N) is 2. The first-order valence-electron chi connectivity index (χ1n) is 6.70. The van der Waals surface area contributed by atoms with Gasteiger partial charge in [-0.3, -0.25) is 9.59 Å². The normalized spacial score (nSPS) is 12.1. The zero-order valence-corrected chi connectivity index (χ0v) is 12.6. The van der Waals surface area contributed by atoms with Gasteiger partial charge in [-0.1, -0.05) is 20.4 Å². The molecule has 0 heterocycles. The molecule has 110 valence electrons. The van der Waals surface area contributed by atoms with E-state index in [1.807, 2.05) is 20.8 Å². The van der Waals surface area contributed by atoms with Crippen LogP contribution in [0.3, 0.4) is 0 Å². The highest BCUT2D eigenvalue weighted by Gasteiger charge is 2.16. The molecule has 0 rings (SSSR count). The van der Waals surface area contributed by atoms with Gasteiger partial charge in [0.15, 0.2) is 0 Å². The van der Waals surface area contributed by atoms with E-state index >= 15 is 0 Å². The molecular weight excluding hydrogens is 242 g/mol. The van der Waals surface area contributed by atoms with Crippen LogP contribution >= 0.6 is 0 Å². The van der Waals surface area contributed by atoms with E-state index in [9.17, 15) is 9.59 Å². The van der Waals surface area contributed by atoms with Gasteiger partial charge in [-0.25, -0.2) is 0 Å². The van der Waals surface area contributed by atoms with Crippen molar-refractivity contribution in [1.82, 2.24) is 9.80 Å². The molecule has 1 atom stereocenters. The Balaban J connectivity index is 4.52. The summed E-state index contributed by atoms with van der Waals surface area (Å²) in [7, 11) is 0. The van der Waals surface area contributed by atoms with E-state index in [1.165, 1.54) is 13.0 Å². The molecule has 0 saturated heterocycles. The third-order valence-electron chi connectivity index (χ3n) is 2.67. The van der Waals surface area contributed by atoms with Crippen LogP contribution < -0.4 is 5.73 Å². The smallest absolute Gasteiger partial charge is 0.246 e. The molecule has 1 unspecified atom stereocenters. The Kier molecular flexibility index (Phi) is 8.07. The topological polar surface area (TPSA) is 66.6 Å². The molecule has 0 radical (unpaired) electrons. The molecule has 0 aliphatic carbocycles. The fraction of sp³-hybridized carbons (Fsp3) is 0.714. The lowest BCUT2D eigenvalue weighted by Gasteiger charge is -2.28. The zero-order chi connectivity index (χ0) is 15.0. The average Bonchev–Trinajstić information content (AvgIpc) is 2.30. The second kappa shape index (κ2) is 8.69. The Labute approximate surface area is 116 Å². The molecule has 0 bridgehead atoms. The Morgan fingerprint density at radius 3 is 2.05 bits per heavy atom. The van der Waals surface area contributed by atoms with Crippen molar-refractivity contribution in [2.24, 2.45) is 11.7 Å². The largest absolute Gasteiger partial charge is 0.340 e. The molecule has 0 aromatic rings. The van der Waals surface area contributed by atoms with Gasteiger partial charge in [0.1, 0.15) is 0 Å². The number of nitrogens with two attached hydrogens (primary N) is 1. The summed E-state index contributed by atoms with van der Waals surface area (Å²) in [6.45, 7) is 13.2. The lowest BCUT2D eigenvalue weighted by Crippen LogP contribution is -2.44. The van der Waals surface area contributed by atoms with Crippen LogP contribution in [0.5, 0.6) is 0 Å². The minimum Gasteiger partial charge on any atom is -0.340 e. The van der Waals surface area contributed by atoms with Gasteiger partial charge in [0.2, 0.25) is 11.8 Å². The van der Waals surface area contributed by atoms with Gasteiger partial charge >= 0.3 is 0 Å². The number of carbonyl (C=O) groups excluding carboxylic acids is 2. The number of amides is 2. The van der Waals surface area contributed by atoms with Gasteiger partial charge in [-0.05, 0) is 18.9 Å². The molecule has 0 aliphatic rings. The van der Waals surface area contributed by atoms with Crippen LogP contribution in [0.25, 0.3) is 0 Å². The van der Waals surface area contributed by atoms with Crippen molar-refractivity contribution in [3.05, 3.63) is 12.7 Å². The van der Waals surface area contributed by atoms with E-state index in [-0.39, 0.29) is 17.9 Å². The molecule has 0 spiro atoms. The van der Waals surface area contributed by atoms with Crippen molar-refractivity contribution in [1.29, 1.82) is 0 Å². The summed E-state index contributed by atoms with van der Waals surface area (Å²) < 4.78 is 0. The molecule has 0 aliphatic heterocycles. The average molecular weight is 269 g/mol. The third-order valence-corrected chi connectivity index (χ3v) is 2.67. The maximum absolute atomic E-state index is 11.7. The Morgan fingerprint density at radius 1 is 1.16 bits per heavy atom. The van der Waals surface area contributed by atoms with Gasteiger partial charge in [-0.15, -0.1) is 0 Å². The van der Waals surface area contributed by atoms with Crippen molar-refractivity contribution in [3.63, 3.8) is 0 Å². The van der Waals surface area contributed by atoms with E-state index in [0.717, 1.165) is 0 Å². The summed E-state index contributed by atoms with van der Waals surface area (Å²) >= 11 is 0. The van der Waals surface area contributed by atoms with E-state index in [0.29, 0.717) is 32.1 Å². The van der Waals surface area contributed by atoms with Crippen LogP contribution in [0, 0.1) is 5.92 Å². The molecule has 2 N–H and O–H groups in total. The minimum absolute atomic E-state index is 0.0205. The fourth-order valence-corrected chi connectivity index (χ4v) is 1.83. The molecule has 5 heteroatoms. The van der Waals surface area contributed by atoms with E-state index in [4.69, 9.17) is 5.73 Å². The summed E-state index contributed by atoms with van der Waals surface area (Å²) in [5.41, 5.74) is 5.71. The molecule has 2 amide bonds. The number of rotatable bonds is 8. The highest BCUT2D eigenvalue weighted by Crippen LogP contribution is 2.02. The number of hydrogen-bond acceptors (Lipinski definition) is 3. The quantitative estimate of drug-likeness (QED) is 0.664. The summed E-state index contributed by atoms with van der Waals surface area (Å²) in [5, 5.41) is 0. The van der Waals surface area contributed by atoms with E-state index in [1.54, 1.807) is 9.80 Å². The summed E-state index contributed by atoms with van der Waals surface area (Å²) in [6.07, 6.45) is 1.31. The van der Waals surface area contributed by atoms with Crippen LogP contribution in [-0.2, 0) is 9.59 Å². The number of carbonyl (C=O) groups is 2. The Bertz CT molecular complexity index is 314. The first-order valence-corrected chi connectivity index (χ1v) is 6.70. The fourth-order valence-electron chi connectivity index (χ4n) is 1.83. The van der Waals surface area contributed by atoms with Gasteiger partial charge < -0.3 is 15.5 Å². The van der Waals surface area contributed by atoms with Crippen molar-refractivity contribution >= 4 is 11.8 Å². The first-order chi connectivity index (χ1) is 8.77. The van der Waals surface area contributed by atoms with Gasteiger partial charge in [0.25, 0.3) is 0 Å². The lowest BCUT2D eigenvalue weighted by atomic mass is 10.2. The molecule has 0 fully saturated rings.